The molecule has 2 aliphatic rings. The number of benzene rings is 1. The summed E-state index contributed by atoms with van der Waals surface area (Å²) in [6, 6.07) is 9.45. The third-order valence-corrected chi connectivity index (χ3v) is 6.01. The Hall–Kier alpha value is -2.83. The second kappa shape index (κ2) is 8.90. The van der Waals surface area contributed by atoms with Gasteiger partial charge in [-0.05, 0) is 42.9 Å². The first kappa shape index (κ1) is 20.4. The molecule has 7 nitrogen and oxygen atoms in total. The Kier molecular flexibility index (Phi) is 6.06. The van der Waals surface area contributed by atoms with Crippen molar-refractivity contribution in [3.05, 3.63) is 52.4 Å². The van der Waals surface area contributed by atoms with Crippen LogP contribution in [0.3, 0.4) is 0 Å². The van der Waals surface area contributed by atoms with Crippen LogP contribution in [-0.2, 0) is 4.79 Å². The molecule has 1 atom stereocenters. The Labute approximate surface area is 177 Å². The summed E-state index contributed by atoms with van der Waals surface area (Å²) in [6.45, 7) is 7.41. The number of ether oxygens (including phenoxy) is 1. The number of carbonyl (C=O) groups excluding carboxylic acids is 1. The van der Waals surface area contributed by atoms with Gasteiger partial charge in [-0.1, -0.05) is 26.0 Å². The number of hydrogen-bond acceptors (Lipinski definition) is 5. The van der Waals surface area contributed by atoms with Gasteiger partial charge in [0.25, 0.3) is 11.5 Å². The highest BCUT2D eigenvalue weighted by molar-refractivity contribution is 5.77. The zero-order chi connectivity index (χ0) is 21.1. The van der Waals surface area contributed by atoms with E-state index in [4.69, 9.17) is 4.74 Å². The summed E-state index contributed by atoms with van der Waals surface area (Å²) in [7, 11) is 0. The van der Waals surface area contributed by atoms with Crippen LogP contribution in [0.2, 0.25) is 0 Å². The standard InChI is InChI=1S/C23H30N4O3/c1-17(2)18-6-3-8-21(12-18)30-16-23(29)26-9-4-7-19(15-26)27-22(28)13-20(14-24-27)25-10-5-11-25/h3,6,8,12-14,17,19H,4-5,7,9-11,15-16H2,1-2H3/t19-/m0/s1. The van der Waals surface area contributed by atoms with Crippen molar-refractivity contribution in [2.24, 2.45) is 0 Å². The molecule has 2 aromatic rings. The molecule has 0 bridgehead atoms. The monoisotopic (exact) mass is 410 g/mol. The summed E-state index contributed by atoms with van der Waals surface area (Å²) in [5, 5.41) is 4.41. The van der Waals surface area contributed by atoms with Crippen molar-refractivity contribution >= 4 is 11.6 Å². The summed E-state index contributed by atoms with van der Waals surface area (Å²) < 4.78 is 7.29. The molecule has 0 saturated carbocycles. The van der Waals surface area contributed by atoms with Crippen molar-refractivity contribution in [3.63, 3.8) is 0 Å². The van der Waals surface area contributed by atoms with Crippen LogP contribution >= 0.6 is 0 Å². The van der Waals surface area contributed by atoms with E-state index in [0.717, 1.165) is 38.0 Å². The predicted molar refractivity (Wildman–Crippen MR) is 116 cm³/mol. The van der Waals surface area contributed by atoms with Crippen molar-refractivity contribution in [1.82, 2.24) is 14.7 Å². The first-order chi connectivity index (χ1) is 14.5. The minimum atomic E-state index is -0.0968. The zero-order valence-electron chi connectivity index (χ0n) is 17.8. The Morgan fingerprint density at radius 3 is 2.73 bits per heavy atom. The van der Waals surface area contributed by atoms with Crippen molar-refractivity contribution in [3.8, 4) is 5.75 Å². The fourth-order valence-corrected chi connectivity index (χ4v) is 4.01. The molecule has 0 unspecified atom stereocenters. The molecule has 2 aliphatic heterocycles. The number of amides is 1. The van der Waals surface area contributed by atoms with Crippen molar-refractivity contribution in [2.75, 3.05) is 37.7 Å². The molecule has 1 amide bonds. The van der Waals surface area contributed by atoms with Gasteiger partial charge < -0.3 is 14.5 Å². The first-order valence-electron chi connectivity index (χ1n) is 10.9. The second-order valence-electron chi connectivity index (χ2n) is 8.49. The number of aromatic nitrogens is 2. The van der Waals surface area contributed by atoms with Crippen LogP contribution in [0, 0.1) is 0 Å². The second-order valence-corrected chi connectivity index (χ2v) is 8.49. The quantitative estimate of drug-likeness (QED) is 0.733. The molecule has 0 radical (unpaired) electrons. The highest BCUT2D eigenvalue weighted by atomic mass is 16.5. The third kappa shape index (κ3) is 4.50. The molecular formula is C23H30N4O3. The lowest BCUT2D eigenvalue weighted by atomic mass is 10.0. The van der Waals surface area contributed by atoms with Crippen LogP contribution in [0.4, 0.5) is 5.69 Å². The van der Waals surface area contributed by atoms with Crippen LogP contribution in [0.5, 0.6) is 5.75 Å². The zero-order valence-corrected chi connectivity index (χ0v) is 17.8. The SMILES string of the molecule is CC(C)c1cccc(OCC(=O)N2CCC[C@H](n3ncc(N4CCC4)cc3=O)C2)c1. The predicted octanol–water partition coefficient (Wildman–Crippen LogP) is 2.82. The Balaban J connectivity index is 1.37. The van der Waals surface area contributed by atoms with Crippen LogP contribution in [-0.4, -0.2) is 53.4 Å². The molecule has 1 aromatic carbocycles. The maximum atomic E-state index is 12.7. The van der Waals surface area contributed by atoms with E-state index in [-0.39, 0.29) is 24.1 Å². The van der Waals surface area contributed by atoms with Gasteiger partial charge in [0, 0.05) is 32.2 Å². The Morgan fingerprint density at radius 1 is 1.20 bits per heavy atom. The lowest BCUT2D eigenvalue weighted by Crippen LogP contribution is -2.45. The van der Waals surface area contributed by atoms with Gasteiger partial charge in [-0.2, -0.15) is 5.10 Å². The maximum Gasteiger partial charge on any atom is 0.269 e. The fourth-order valence-electron chi connectivity index (χ4n) is 4.01. The van der Waals surface area contributed by atoms with Gasteiger partial charge in [0.15, 0.2) is 6.61 Å². The van der Waals surface area contributed by atoms with E-state index >= 15 is 0 Å². The Bertz CT molecular complexity index is 951. The van der Waals surface area contributed by atoms with Crippen molar-refractivity contribution < 1.29 is 9.53 Å². The Morgan fingerprint density at radius 2 is 2.03 bits per heavy atom. The van der Waals surface area contributed by atoms with E-state index in [9.17, 15) is 9.59 Å². The number of carbonyl (C=O) groups is 1. The highest BCUT2D eigenvalue weighted by Gasteiger charge is 2.27. The highest BCUT2D eigenvalue weighted by Crippen LogP contribution is 2.23. The van der Waals surface area contributed by atoms with Gasteiger partial charge in [0.05, 0.1) is 17.9 Å². The molecule has 3 heterocycles. The van der Waals surface area contributed by atoms with Crippen LogP contribution in [0.15, 0.2) is 41.3 Å². The van der Waals surface area contributed by atoms with Gasteiger partial charge in [0.2, 0.25) is 0 Å². The number of likely N-dealkylation sites (tertiary alicyclic amines) is 1. The van der Waals surface area contributed by atoms with E-state index in [1.807, 2.05) is 18.2 Å². The van der Waals surface area contributed by atoms with Gasteiger partial charge in [0.1, 0.15) is 5.75 Å². The number of rotatable bonds is 6. The first-order valence-corrected chi connectivity index (χ1v) is 10.9. The molecule has 30 heavy (non-hydrogen) atoms. The smallest absolute Gasteiger partial charge is 0.269 e. The number of hydrogen-bond donors (Lipinski definition) is 0. The lowest BCUT2D eigenvalue weighted by molar-refractivity contribution is -0.135. The molecule has 2 fully saturated rings. The average Bonchev–Trinajstić information content (AvgIpc) is 2.71. The molecule has 2 saturated heterocycles. The third-order valence-electron chi connectivity index (χ3n) is 6.01. The van der Waals surface area contributed by atoms with Crippen LogP contribution < -0.4 is 15.2 Å². The van der Waals surface area contributed by atoms with E-state index in [1.165, 1.54) is 10.2 Å². The largest absolute Gasteiger partial charge is 0.484 e. The van der Waals surface area contributed by atoms with E-state index in [2.05, 4.69) is 29.9 Å². The molecular weight excluding hydrogens is 380 g/mol. The molecule has 0 spiro atoms. The van der Waals surface area contributed by atoms with Gasteiger partial charge in [-0.25, -0.2) is 4.68 Å². The maximum absolute atomic E-state index is 12.7. The molecule has 7 heteroatoms. The topological polar surface area (TPSA) is 67.7 Å². The van der Waals surface area contributed by atoms with E-state index in [1.54, 1.807) is 17.2 Å². The number of anilines is 1. The molecule has 0 N–H and O–H groups in total. The number of piperidine rings is 1. The van der Waals surface area contributed by atoms with E-state index in [0.29, 0.717) is 24.8 Å². The minimum absolute atomic E-state index is 0.00446. The van der Waals surface area contributed by atoms with E-state index < -0.39 is 0 Å². The summed E-state index contributed by atoms with van der Waals surface area (Å²) >= 11 is 0. The van der Waals surface area contributed by atoms with Gasteiger partial charge in [-0.15, -0.1) is 0 Å². The lowest BCUT2D eigenvalue weighted by Gasteiger charge is -2.34. The summed E-state index contributed by atoms with van der Waals surface area (Å²) in [5.41, 5.74) is 1.98. The summed E-state index contributed by atoms with van der Waals surface area (Å²) in [4.78, 5) is 29.3. The van der Waals surface area contributed by atoms with Gasteiger partial charge >= 0.3 is 0 Å². The van der Waals surface area contributed by atoms with Crippen molar-refractivity contribution in [1.29, 1.82) is 0 Å². The molecule has 160 valence electrons. The molecule has 4 rings (SSSR count). The normalized spacial score (nSPS) is 19.0. The van der Waals surface area contributed by atoms with Crippen LogP contribution in [0.1, 0.15) is 50.6 Å². The number of nitrogens with zero attached hydrogens (tertiary/aromatic N) is 4. The molecule has 0 aliphatic carbocycles. The van der Waals surface area contributed by atoms with Crippen LogP contribution in [0.25, 0.3) is 0 Å². The molecule has 1 aromatic heterocycles. The fraction of sp³-hybridized carbons (Fsp3) is 0.522. The van der Waals surface area contributed by atoms with Gasteiger partial charge in [-0.3, -0.25) is 9.59 Å². The average molecular weight is 411 g/mol. The summed E-state index contributed by atoms with van der Waals surface area (Å²) in [6.07, 6.45) is 4.62. The van der Waals surface area contributed by atoms with Crippen molar-refractivity contribution in [2.45, 2.75) is 45.1 Å². The summed E-state index contributed by atoms with van der Waals surface area (Å²) in [5.74, 6) is 1.06. The minimum Gasteiger partial charge on any atom is -0.484 e.